The highest BCUT2D eigenvalue weighted by molar-refractivity contribution is 9.10. The lowest BCUT2D eigenvalue weighted by Crippen LogP contribution is -2.64. The molecule has 1 heterocycles. The second-order valence-electron chi connectivity index (χ2n) is 12.7. The normalized spacial score (nSPS) is 23.1. The van der Waals surface area contributed by atoms with Gasteiger partial charge in [-0.15, -0.1) is 0 Å². The molecule has 4 nitrogen and oxygen atoms in total. The van der Waals surface area contributed by atoms with Gasteiger partial charge in [0.15, 0.2) is 8.32 Å². The second kappa shape index (κ2) is 8.12. The predicted molar refractivity (Wildman–Crippen MR) is 139 cm³/mol. The van der Waals surface area contributed by atoms with E-state index in [0.29, 0.717) is 0 Å². The molecule has 2 aliphatic rings. The molecule has 3 rings (SSSR count). The Bertz CT molecular complexity index is 911. The van der Waals surface area contributed by atoms with Gasteiger partial charge in [-0.25, -0.2) is 4.79 Å². The minimum absolute atomic E-state index is 0.0817. The van der Waals surface area contributed by atoms with Crippen molar-refractivity contribution >= 4 is 36.0 Å². The van der Waals surface area contributed by atoms with E-state index in [1.165, 1.54) is 16.7 Å². The fraction of sp³-hybridized carbons (Fsp3) is 0.731. The summed E-state index contributed by atoms with van der Waals surface area (Å²) in [6.45, 7) is 23.7. The Morgan fingerprint density at radius 3 is 2.22 bits per heavy atom. The van der Waals surface area contributed by atoms with Crippen LogP contribution in [-0.4, -0.2) is 31.7 Å². The minimum atomic E-state index is -2.08. The molecule has 0 saturated heterocycles. The first-order valence-corrected chi connectivity index (χ1v) is 15.6. The van der Waals surface area contributed by atoms with Gasteiger partial charge >= 0.3 is 6.09 Å². The van der Waals surface area contributed by atoms with Crippen LogP contribution in [0.5, 0.6) is 0 Å². The molecule has 32 heavy (non-hydrogen) atoms. The third-order valence-corrected chi connectivity index (χ3v) is 12.8. The van der Waals surface area contributed by atoms with Crippen LogP contribution in [0.25, 0.3) is 0 Å². The number of rotatable bonds is 2. The van der Waals surface area contributed by atoms with Crippen molar-refractivity contribution in [2.75, 3.05) is 4.90 Å². The van der Waals surface area contributed by atoms with Gasteiger partial charge in [0, 0.05) is 10.4 Å². The monoisotopic (exact) mass is 523 g/mol. The van der Waals surface area contributed by atoms with Crippen LogP contribution >= 0.6 is 15.9 Å². The van der Waals surface area contributed by atoms with E-state index >= 15 is 0 Å². The highest BCUT2D eigenvalue weighted by Crippen LogP contribution is 2.52. The van der Waals surface area contributed by atoms with Crippen LogP contribution in [0.3, 0.4) is 0 Å². The van der Waals surface area contributed by atoms with Gasteiger partial charge < -0.3 is 9.16 Å². The third-order valence-electron chi connectivity index (χ3n) is 7.59. The van der Waals surface area contributed by atoms with E-state index in [9.17, 15) is 4.79 Å². The van der Waals surface area contributed by atoms with Gasteiger partial charge in [0.05, 0.1) is 17.3 Å². The van der Waals surface area contributed by atoms with Crippen LogP contribution in [0.4, 0.5) is 10.5 Å². The summed E-state index contributed by atoms with van der Waals surface area (Å²) in [5, 5.41) is 0.0817. The quantitative estimate of drug-likeness (QED) is 0.368. The average Bonchev–Trinajstić information content (AvgIpc) is 3.07. The molecule has 6 heteroatoms. The lowest BCUT2D eigenvalue weighted by molar-refractivity contribution is 0.0370. The Hall–Kier alpha value is -0.853. The number of anilines is 1. The van der Waals surface area contributed by atoms with Gasteiger partial charge in [-0.2, -0.15) is 0 Å². The molecule has 0 bridgehead atoms. The molecule has 0 fully saturated rings. The minimum Gasteiger partial charge on any atom is -0.443 e. The second-order valence-corrected chi connectivity index (χ2v) is 18.3. The standard InChI is InChI=1S/C26H42BrNO3Si/c1-16-19-15-20(27)17-13-12-14-18(17)21(19)28(23(29)30-24(2,3)4)26(8,9)22(16)31-32(10,11)25(5,6)7/h15-16,22H,12-14H2,1-11H3. The van der Waals surface area contributed by atoms with E-state index in [-0.39, 0.29) is 23.2 Å². The summed E-state index contributed by atoms with van der Waals surface area (Å²) in [7, 11) is -2.08. The third kappa shape index (κ3) is 4.44. The molecule has 180 valence electrons. The molecule has 2 unspecified atom stereocenters. The Balaban J connectivity index is 2.22. The number of carbonyl (C=O) groups excluding carboxylic acids is 1. The lowest BCUT2D eigenvalue weighted by Gasteiger charge is -2.54. The van der Waals surface area contributed by atoms with E-state index in [1.807, 2.05) is 25.7 Å². The van der Waals surface area contributed by atoms with Crippen LogP contribution in [0, 0.1) is 0 Å². The molecule has 0 saturated carbocycles. The fourth-order valence-electron chi connectivity index (χ4n) is 4.91. The summed E-state index contributed by atoms with van der Waals surface area (Å²) in [6.07, 6.45) is 2.74. The summed E-state index contributed by atoms with van der Waals surface area (Å²) < 4.78 is 14.2. The van der Waals surface area contributed by atoms with Gasteiger partial charge in [-0.1, -0.05) is 43.6 Å². The maximum atomic E-state index is 13.7. The number of hydrogen-bond acceptors (Lipinski definition) is 3. The summed E-state index contributed by atoms with van der Waals surface area (Å²) in [6, 6.07) is 2.23. The first-order valence-electron chi connectivity index (χ1n) is 11.9. The highest BCUT2D eigenvalue weighted by atomic mass is 79.9. The number of ether oxygens (including phenoxy) is 1. The van der Waals surface area contributed by atoms with Crippen LogP contribution in [0.1, 0.15) is 91.3 Å². The summed E-state index contributed by atoms with van der Waals surface area (Å²) in [4.78, 5) is 15.7. The summed E-state index contributed by atoms with van der Waals surface area (Å²) in [5.74, 6) is 0.162. The van der Waals surface area contributed by atoms with E-state index in [1.54, 1.807) is 0 Å². The lowest BCUT2D eigenvalue weighted by atomic mass is 9.76. The van der Waals surface area contributed by atoms with E-state index in [4.69, 9.17) is 9.16 Å². The first kappa shape index (κ1) is 25.8. The molecule has 1 amide bonds. The summed E-state index contributed by atoms with van der Waals surface area (Å²) in [5.41, 5.74) is 3.77. The van der Waals surface area contributed by atoms with Crippen molar-refractivity contribution in [2.45, 2.75) is 123 Å². The molecule has 0 radical (unpaired) electrons. The van der Waals surface area contributed by atoms with Crippen molar-refractivity contribution in [2.24, 2.45) is 0 Å². The van der Waals surface area contributed by atoms with Crippen molar-refractivity contribution in [3.05, 3.63) is 27.2 Å². The molecular weight excluding hydrogens is 482 g/mol. The topological polar surface area (TPSA) is 38.8 Å². The molecule has 0 spiro atoms. The molecule has 1 aliphatic carbocycles. The van der Waals surface area contributed by atoms with Crippen LogP contribution in [-0.2, 0) is 22.0 Å². The number of halogens is 1. The largest absolute Gasteiger partial charge is 0.443 e. The number of carbonyl (C=O) groups is 1. The van der Waals surface area contributed by atoms with Crippen LogP contribution in [0.15, 0.2) is 10.5 Å². The van der Waals surface area contributed by atoms with Crippen molar-refractivity contribution in [3.63, 3.8) is 0 Å². The zero-order chi connectivity index (χ0) is 24.4. The Labute approximate surface area is 204 Å². The average molecular weight is 525 g/mol. The summed E-state index contributed by atoms with van der Waals surface area (Å²) >= 11 is 3.83. The van der Waals surface area contributed by atoms with Crippen molar-refractivity contribution in [3.8, 4) is 0 Å². The van der Waals surface area contributed by atoms with E-state index in [0.717, 1.165) is 29.4 Å². The molecule has 1 aromatic carbocycles. The molecule has 2 atom stereocenters. The van der Waals surface area contributed by atoms with Gasteiger partial charge in [-0.05, 0) is 94.8 Å². The number of hydrogen-bond donors (Lipinski definition) is 0. The van der Waals surface area contributed by atoms with Gasteiger partial charge in [-0.3, -0.25) is 4.90 Å². The predicted octanol–water partition coefficient (Wildman–Crippen LogP) is 7.97. The number of amides is 1. The van der Waals surface area contributed by atoms with Crippen molar-refractivity contribution in [1.29, 1.82) is 0 Å². The van der Waals surface area contributed by atoms with Crippen molar-refractivity contribution in [1.82, 2.24) is 0 Å². The molecule has 0 N–H and O–H groups in total. The van der Waals surface area contributed by atoms with Gasteiger partial charge in [0.25, 0.3) is 0 Å². The number of benzene rings is 1. The zero-order valence-corrected chi connectivity index (χ0v) is 24.5. The maximum Gasteiger partial charge on any atom is 0.415 e. The molecule has 1 aromatic rings. The van der Waals surface area contributed by atoms with E-state index < -0.39 is 19.5 Å². The smallest absolute Gasteiger partial charge is 0.415 e. The highest BCUT2D eigenvalue weighted by Gasteiger charge is 2.53. The fourth-order valence-corrected chi connectivity index (χ4v) is 7.08. The van der Waals surface area contributed by atoms with E-state index in [2.05, 4.69) is 76.6 Å². The van der Waals surface area contributed by atoms with Gasteiger partial charge in [0.1, 0.15) is 5.60 Å². The van der Waals surface area contributed by atoms with Crippen molar-refractivity contribution < 1.29 is 14.0 Å². The SMILES string of the molecule is CC1c2cc(Br)c3c(c2N(C(=O)OC(C)(C)C)C(C)(C)C1O[Si](C)(C)C(C)(C)C)CCC3. The van der Waals surface area contributed by atoms with Crippen LogP contribution < -0.4 is 4.90 Å². The van der Waals surface area contributed by atoms with Crippen LogP contribution in [0.2, 0.25) is 18.1 Å². The maximum absolute atomic E-state index is 13.7. The van der Waals surface area contributed by atoms with Gasteiger partial charge in [0.2, 0.25) is 0 Å². The number of fused-ring (bicyclic) bond motifs is 3. The molecule has 0 aromatic heterocycles. The Morgan fingerprint density at radius 2 is 1.69 bits per heavy atom. The number of nitrogens with zero attached hydrogens (tertiary/aromatic N) is 1. The Morgan fingerprint density at radius 1 is 1.12 bits per heavy atom. The molecule has 1 aliphatic heterocycles. The molecular formula is C26H42BrNO3Si. The first-order chi connectivity index (χ1) is 14.4. The Kier molecular flexibility index (Phi) is 6.54. The zero-order valence-electron chi connectivity index (χ0n) is 21.9.